The number of hydrogen-bond acceptors (Lipinski definition) is 3. The molecule has 2 N–H and O–H groups in total. The Kier molecular flexibility index (Phi) is 4.51. The molecular weight excluding hydrogens is 304 g/mol. The number of nitrogens with one attached hydrogen (secondary N) is 1. The average Bonchev–Trinajstić information content (AvgIpc) is 2.99. The second-order valence-electron chi connectivity index (χ2n) is 5.92. The maximum absolute atomic E-state index is 11.1. The number of carboxylic acids is 1. The number of fused-ring (bicyclic) bond motifs is 1. The lowest BCUT2D eigenvalue weighted by Gasteiger charge is -2.09. The van der Waals surface area contributed by atoms with Gasteiger partial charge in [-0.05, 0) is 23.1 Å². The molecule has 0 saturated heterocycles. The first-order valence-corrected chi connectivity index (χ1v) is 7.89. The maximum Gasteiger partial charge on any atom is 0.307 e. The van der Waals surface area contributed by atoms with E-state index in [4.69, 9.17) is 9.84 Å². The first kappa shape index (κ1) is 16.1. The third-order valence-electron chi connectivity index (χ3n) is 4.17. The number of aromatic amines is 1. The van der Waals surface area contributed by atoms with Crippen molar-refractivity contribution in [3.8, 4) is 5.75 Å². The van der Waals surface area contributed by atoms with E-state index >= 15 is 0 Å². The zero-order valence-electron chi connectivity index (χ0n) is 13.7. The third kappa shape index (κ3) is 3.25. The van der Waals surface area contributed by atoms with Crippen molar-refractivity contribution in [3.05, 3.63) is 59.4 Å². The molecule has 1 aromatic heterocycles. The minimum atomic E-state index is -0.865. The van der Waals surface area contributed by atoms with Gasteiger partial charge in [-0.25, -0.2) is 4.98 Å². The number of carbonyl (C=O) groups is 1. The second-order valence-corrected chi connectivity index (χ2v) is 5.92. The Morgan fingerprint density at radius 3 is 2.67 bits per heavy atom. The highest BCUT2D eigenvalue weighted by Crippen LogP contribution is 2.28. The molecule has 1 atom stereocenters. The molecule has 5 nitrogen and oxygen atoms in total. The largest absolute Gasteiger partial charge is 0.494 e. The van der Waals surface area contributed by atoms with Gasteiger partial charge in [-0.3, -0.25) is 4.79 Å². The number of ether oxygens (including phenoxy) is 1. The highest BCUT2D eigenvalue weighted by Gasteiger charge is 2.16. The monoisotopic (exact) mass is 324 g/mol. The van der Waals surface area contributed by atoms with Crippen molar-refractivity contribution in [2.45, 2.75) is 25.7 Å². The van der Waals surface area contributed by atoms with E-state index in [0.29, 0.717) is 22.7 Å². The van der Waals surface area contributed by atoms with Crippen LogP contribution in [0.25, 0.3) is 11.0 Å². The number of nitrogens with zero attached hydrogens (tertiary/aromatic N) is 1. The fourth-order valence-electron chi connectivity index (χ4n) is 2.93. The summed E-state index contributed by atoms with van der Waals surface area (Å²) < 4.78 is 5.36. The zero-order chi connectivity index (χ0) is 17.1. The lowest BCUT2D eigenvalue weighted by Crippen LogP contribution is -2.01. The van der Waals surface area contributed by atoms with Gasteiger partial charge in [0.15, 0.2) is 0 Å². The molecule has 3 aromatic rings. The molecule has 0 radical (unpaired) electrons. The number of imidazole rings is 1. The molecule has 0 saturated carbocycles. The molecule has 1 heterocycles. The van der Waals surface area contributed by atoms with E-state index in [0.717, 1.165) is 17.8 Å². The molecule has 3 rings (SSSR count). The summed E-state index contributed by atoms with van der Waals surface area (Å²) in [5.74, 6) is 0.919. The summed E-state index contributed by atoms with van der Waals surface area (Å²) in [4.78, 5) is 19.0. The van der Waals surface area contributed by atoms with E-state index < -0.39 is 5.97 Å². The Labute approximate surface area is 140 Å². The van der Waals surface area contributed by atoms with Gasteiger partial charge in [0.1, 0.15) is 17.1 Å². The minimum absolute atomic E-state index is 0.0453. The number of hydrogen-bond donors (Lipinski definition) is 2. The van der Waals surface area contributed by atoms with Crippen LogP contribution >= 0.6 is 0 Å². The molecule has 0 bridgehead atoms. The molecule has 0 aliphatic rings. The van der Waals surface area contributed by atoms with Crippen LogP contribution in [0.4, 0.5) is 0 Å². The van der Waals surface area contributed by atoms with Crippen molar-refractivity contribution in [1.29, 1.82) is 0 Å². The number of aromatic nitrogens is 2. The van der Waals surface area contributed by atoms with Crippen LogP contribution in [0.3, 0.4) is 0 Å². The molecule has 1 unspecified atom stereocenters. The quantitative estimate of drug-likeness (QED) is 0.727. The van der Waals surface area contributed by atoms with Gasteiger partial charge in [0, 0.05) is 6.42 Å². The fraction of sp³-hybridized carbons (Fsp3) is 0.263. The molecular formula is C19H20N2O3. The molecule has 0 aliphatic heterocycles. The van der Waals surface area contributed by atoms with Crippen molar-refractivity contribution in [1.82, 2.24) is 9.97 Å². The van der Waals surface area contributed by atoms with Gasteiger partial charge in [0.25, 0.3) is 0 Å². The van der Waals surface area contributed by atoms with Crippen LogP contribution in [0.5, 0.6) is 5.75 Å². The van der Waals surface area contributed by atoms with Crippen LogP contribution in [0.2, 0.25) is 0 Å². The van der Waals surface area contributed by atoms with Crippen LogP contribution in [-0.2, 0) is 17.6 Å². The fourth-order valence-corrected chi connectivity index (χ4v) is 2.93. The van der Waals surface area contributed by atoms with Crippen LogP contribution < -0.4 is 4.74 Å². The van der Waals surface area contributed by atoms with E-state index in [1.54, 1.807) is 19.2 Å². The summed E-state index contributed by atoms with van der Waals surface area (Å²) in [6.45, 7) is 2.15. The van der Waals surface area contributed by atoms with Crippen molar-refractivity contribution in [2.75, 3.05) is 7.11 Å². The Morgan fingerprint density at radius 1 is 1.25 bits per heavy atom. The number of methoxy groups -OCH3 is 1. The zero-order valence-corrected chi connectivity index (χ0v) is 13.7. The van der Waals surface area contributed by atoms with Gasteiger partial charge in [-0.1, -0.05) is 43.3 Å². The normalized spacial score (nSPS) is 12.2. The van der Waals surface area contributed by atoms with E-state index in [1.165, 1.54) is 5.56 Å². The lowest BCUT2D eigenvalue weighted by atomic mass is 9.98. The Hall–Kier alpha value is -2.82. The number of aliphatic carboxylic acids is 1. The average molecular weight is 324 g/mol. The highest BCUT2D eigenvalue weighted by atomic mass is 16.5. The molecule has 0 spiro atoms. The van der Waals surface area contributed by atoms with E-state index in [-0.39, 0.29) is 6.42 Å². The highest BCUT2D eigenvalue weighted by molar-refractivity contribution is 5.88. The van der Waals surface area contributed by atoms with Gasteiger partial charge < -0.3 is 14.8 Å². The summed E-state index contributed by atoms with van der Waals surface area (Å²) in [7, 11) is 1.59. The van der Waals surface area contributed by atoms with E-state index in [9.17, 15) is 4.79 Å². The van der Waals surface area contributed by atoms with Crippen LogP contribution in [-0.4, -0.2) is 28.2 Å². The SMILES string of the molecule is COc1ccc(CC(=O)O)c2[nH]c(CC(C)c3ccccc3)nc12. The Balaban J connectivity index is 1.96. The van der Waals surface area contributed by atoms with Gasteiger partial charge >= 0.3 is 5.97 Å². The predicted molar refractivity (Wildman–Crippen MR) is 92.5 cm³/mol. The Morgan fingerprint density at radius 2 is 2.00 bits per heavy atom. The minimum Gasteiger partial charge on any atom is -0.494 e. The smallest absolute Gasteiger partial charge is 0.307 e. The van der Waals surface area contributed by atoms with Crippen LogP contribution in [0, 0.1) is 0 Å². The molecule has 2 aromatic carbocycles. The van der Waals surface area contributed by atoms with Crippen molar-refractivity contribution in [2.24, 2.45) is 0 Å². The van der Waals surface area contributed by atoms with Crippen molar-refractivity contribution >= 4 is 17.0 Å². The van der Waals surface area contributed by atoms with Gasteiger partial charge in [0.05, 0.1) is 19.0 Å². The van der Waals surface area contributed by atoms with E-state index in [2.05, 4.69) is 29.0 Å². The summed E-state index contributed by atoms with van der Waals surface area (Å²) in [6, 6.07) is 13.8. The van der Waals surface area contributed by atoms with Crippen LogP contribution in [0.1, 0.15) is 29.8 Å². The predicted octanol–water partition coefficient (Wildman–Crippen LogP) is 3.54. The number of carboxylic acid groups (broad SMARTS) is 1. The standard InChI is InChI=1S/C19H20N2O3/c1-12(13-6-4-3-5-7-13)10-16-20-18-14(11-17(22)23)8-9-15(24-2)19(18)21-16/h3-9,12H,10-11H2,1-2H3,(H,20,21)(H,22,23). The van der Waals surface area contributed by atoms with Crippen LogP contribution in [0.15, 0.2) is 42.5 Å². The Bertz CT molecular complexity index is 856. The first-order valence-electron chi connectivity index (χ1n) is 7.89. The summed E-state index contributed by atoms with van der Waals surface area (Å²) in [5.41, 5.74) is 3.39. The van der Waals surface area contributed by atoms with Gasteiger partial charge in [-0.15, -0.1) is 0 Å². The van der Waals surface area contributed by atoms with Crippen molar-refractivity contribution in [3.63, 3.8) is 0 Å². The molecule has 124 valence electrons. The maximum atomic E-state index is 11.1. The van der Waals surface area contributed by atoms with E-state index in [1.807, 2.05) is 18.2 Å². The van der Waals surface area contributed by atoms with Gasteiger partial charge in [0.2, 0.25) is 0 Å². The topological polar surface area (TPSA) is 75.2 Å². The number of benzene rings is 2. The molecule has 5 heteroatoms. The lowest BCUT2D eigenvalue weighted by molar-refractivity contribution is -0.136. The number of rotatable bonds is 6. The molecule has 24 heavy (non-hydrogen) atoms. The van der Waals surface area contributed by atoms with Gasteiger partial charge in [-0.2, -0.15) is 0 Å². The molecule has 0 aliphatic carbocycles. The molecule has 0 amide bonds. The summed E-state index contributed by atoms with van der Waals surface area (Å²) in [5, 5.41) is 9.09. The first-order chi connectivity index (χ1) is 11.6. The summed E-state index contributed by atoms with van der Waals surface area (Å²) >= 11 is 0. The number of H-pyrrole nitrogens is 1. The van der Waals surface area contributed by atoms with Crippen molar-refractivity contribution < 1.29 is 14.6 Å². The second kappa shape index (κ2) is 6.74. The molecule has 0 fully saturated rings. The third-order valence-corrected chi connectivity index (χ3v) is 4.17. The summed E-state index contributed by atoms with van der Waals surface area (Å²) in [6.07, 6.45) is 0.699.